The van der Waals surface area contributed by atoms with E-state index in [9.17, 15) is 0 Å². The van der Waals surface area contributed by atoms with Gasteiger partial charge in [-0.3, -0.25) is 0 Å². The summed E-state index contributed by atoms with van der Waals surface area (Å²) in [4.78, 5) is 2.78. The Hall–Kier alpha value is -5.02. The number of hydrogen-bond donors (Lipinski definition) is 0. The zero-order chi connectivity index (χ0) is 38.6. The van der Waals surface area contributed by atoms with Crippen LogP contribution in [0.15, 0.2) is 121 Å². The van der Waals surface area contributed by atoms with Crippen molar-refractivity contribution in [3.8, 4) is 5.69 Å². The van der Waals surface area contributed by atoms with Crippen LogP contribution in [0.1, 0.15) is 110 Å². The van der Waals surface area contributed by atoms with Gasteiger partial charge in [0.1, 0.15) is 0 Å². The van der Waals surface area contributed by atoms with E-state index in [1.807, 2.05) is 0 Å². The summed E-state index contributed by atoms with van der Waals surface area (Å²) in [6.07, 6.45) is 0. The molecule has 0 N–H and O–H groups in total. The number of benzene rings is 6. The number of nitrogens with zero attached hydrogens (tertiary/aromatic N) is 2. The Balaban J connectivity index is 1.42. The molecule has 0 fully saturated rings. The van der Waals surface area contributed by atoms with Crippen molar-refractivity contribution in [2.45, 2.75) is 103 Å². The molecule has 2 unspecified atom stereocenters. The van der Waals surface area contributed by atoms with Gasteiger partial charge in [0.05, 0.1) is 11.1 Å². The number of rotatable bonds is 2. The van der Waals surface area contributed by atoms with E-state index in [2.05, 4.69) is 207 Å². The Morgan fingerprint density at radius 2 is 1.07 bits per heavy atom. The number of fused-ring (bicyclic) bond motifs is 7. The van der Waals surface area contributed by atoms with Gasteiger partial charge in [-0.15, -0.1) is 0 Å². The van der Waals surface area contributed by atoms with Gasteiger partial charge in [-0.25, -0.2) is 0 Å². The Morgan fingerprint density at radius 1 is 0.509 bits per heavy atom. The van der Waals surface area contributed by atoms with Crippen LogP contribution < -0.4 is 21.3 Å². The minimum Gasteiger partial charge on any atom is -0.331 e. The summed E-state index contributed by atoms with van der Waals surface area (Å²) in [7, 11) is 0. The first kappa shape index (κ1) is 34.5. The molecule has 274 valence electrons. The third kappa shape index (κ3) is 4.39. The van der Waals surface area contributed by atoms with E-state index >= 15 is 0 Å². The van der Waals surface area contributed by atoms with E-state index in [1.165, 1.54) is 88.6 Å². The summed E-state index contributed by atoms with van der Waals surface area (Å²) in [5.74, 6) is 0. The summed E-state index contributed by atoms with van der Waals surface area (Å²) in [6, 6.07) is 47.3. The highest BCUT2D eigenvalue weighted by atomic mass is 15.3. The maximum atomic E-state index is 2.78. The van der Waals surface area contributed by atoms with Crippen LogP contribution in [0.25, 0.3) is 27.5 Å². The Kier molecular flexibility index (Phi) is 6.80. The van der Waals surface area contributed by atoms with E-state index in [4.69, 9.17) is 0 Å². The lowest BCUT2D eigenvalue weighted by molar-refractivity contribution is 0.335. The maximum absolute atomic E-state index is 2.78. The molecule has 6 aromatic carbocycles. The van der Waals surface area contributed by atoms with E-state index in [0.717, 1.165) is 0 Å². The summed E-state index contributed by atoms with van der Waals surface area (Å²) < 4.78 is 2.63. The summed E-state index contributed by atoms with van der Waals surface area (Å²) in [6.45, 7) is 26.4. The quantitative estimate of drug-likeness (QED) is 0.162. The first-order valence-corrected chi connectivity index (χ1v) is 20.3. The zero-order valence-electron chi connectivity index (χ0n) is 34.5. The van der Waals surface area contributed by atoms with Crippen LogP contribution in [0.3, 0.4) is 0 Å². The summed E-state index contributed by atoms with van der Waals surface area (Å²) in [5.41, 5.74) is 18.4. The fourth-order valence-electron chi connectivity index (χ4n) is 10.7. The number of aromatic nitrogens is 1. The van der Waals surface area contributed by atoms with Crippen molar-refractivity contribution < 1.29 is 0 Å². The molecular formula is C52H53BN2. The van der Waals surface area contributed by atoms with Crippen LogP contribution in [0.2, 0.25) is 0 Å². The van der Waals surface area contributed by atoms with Crippen molar-refractivity contribution in [1.29, 1.82) is 0 Å². The van der Waals surface area contributed by atoms with Crippen molar-refractivity contribution in [2.24, 2.45) is 0 Å². The van der Waals surface area contributed by atoms with Crippen LogP contribution in [0.4, 0.5) is 11.4 Å². The number of anilines is 2. The molecular weight excluding hydrogens is 663 g/mol. The molecule has 3 heteroatoms. The molecule has 3 aliphatic rings. The fraction of sp³-hybridized carbons (Fsp3) is 0.308. The zero-order valence-corrected chi connectivity index (χ0v) is 34.5. The summed E-state index contributed by atoms with van der Waals surface area (Å²) >= 11 is 0. The van der Waals surface area contributed by atoms with Gasteiger partial charge in [0.25, 0.3) is 6.71 Å². The molecule has 7 aromatic rings. The Bertz CT molecular complexity index is 2730. The van der Waals surface area contributed by atoms with Crippen molar-refractivity contribution in [2.75, 3.05) is 4.90 Å². The van der Waals surface area contributed by atoms with Crippen molar-refractivity contribution in [1.82, 2.24) is 4.57 Å². The van der Waals surface area contributed by atoms with E-state index in [1.54, 1.807) is 0 Å². The smallest absolute Gasteiger partial charge is 0.252 e. The van der Waals surface area contributed by atoms with Crippen LogP contribution in [-0.2, 0) is 27.2 Å². The third-order valence-electron chi connectivity index (χ3n) is 14.0. The third-order valence-corrected chi connectivity index (χ3v) is 14.0. The molecule has 0 saturated carbocycles. The van der Waals surface area contributed by atoms with Crippen molar-refractivity contribution in [3.05, 3.63) is 155 Å². The topological polar surface area (TPSA) is 8.17 Å². The molecule has 10 rings (SSSR count). The average molecular weight is 717 g/mol. The van der Waals surface area contributed by atoms with Gasteiger partial charge in [-0.1, -0.05) is 153 Å². The second-order valence-electron chi connectivity index (χ2n) is 20.1. The highest BCUT2D eigenvalue weighted by molar-refractivity contribution is 7.00. The monoisotopic (exact) mass is 716 g/mol. The van der Waals surface area contributed by atoms with E-state index in [-0.39, 0.29) is 28.4 Å². The summed E-state index contributed by atoms with van der Waals surface area (Å²) in [5, 5.41) is 2.72. The first-order chi connectivity index (χ1) is 26.0. The molecule has 3 aliphatic heterocycles. The molecule has 2 atom stereocenters. The SMILES string of the molecule is CC(C)(C)c1cc2c3c(c1)C(C)(c1ccccc1)C(C)(c1ccccc1)N3c1cccc3c1B2c1cc(C(C)(C)C)cc2c4cc(C(C)(C)C)ccc4n-3c12. The first-order valence-electron chi connectivity index (χ1n) is 20.3. The molecule has 0 radical (unpaired) electrons. The average Bonchev–Trinajstić information content (AvgIpc) is 3.59. The molecule has 0 amide bonds. The maximum Gasteiger partial charge on any atom is 0.252 e. The Morgan fingerprint density at radius 3 is 1.71 bits per heavy atom. The molecule has 0 saturated heterocycles. The van der Waals surface area contributed by atoms with Gasteiger partial charge in [-0.05, 0) is 110 Å². The molecule has 0 aliphatic carbocycles. The van der Waals surface area contributed by atoms with Crippen LogP contribution >= 0.6 is 0 Å². The normalized spacial score (nSPS) is 20.0. The number of hydrogen-bond acceptors (Lipinski definition) is 1. The van der Waals surface area contributed by atoms with Crippen LogP contribution in [0, 0.1) is 0 Å². The highest BCUT2D eigenvalue weighted by Crippen LogP contribution is 2.63. The molecule has 1 aromatic heterocycles. The van der Waals surface area contributed by atoms with Crippen molar-refractivity contribution >= 4 is 56.3 Å². The fourth-order valence-corrected chi connectivity index (χ4v) is 10.7. The highest BCUT2D eigenvalue weighted by Gasteiger charge is 2.62. The molecule has 55 heavy (non-hydrogen) atoms. The van der Waals surface area contributed by atoms with Crippen LogP contribution in [0.5, 0.6) is 0 Å². The lowest BCUT2D eigenvalue weighted by Gasteiger charge is -2.50. The standard InChI is InChI=1S/C52H53BN2/c1-48(2,3)34-25-26-42-37(27-34)38-28-35(49(4,5)6)30-40-46(38)54(42)43-23-18-24-44-45(43)53(40)41-31-36(50(7,8)9)29-39-47(41)55(44)52(11,33-21-16-13-17-22-33)51(39,10)32-19-14-12-15-20-32/h12-31H,1-11H3. The molecule has 4 heterocycles. The molecule has 0 spiro atoms. The lowest BCUT2D eigenvalue weighted by Crippen LogP contribution is -2.63. The largest absolute Gasteiger partial charge is 0.331 e. The second kappa shape index (κ2) is 10.8. The molecule has 0 bridgehead atoms. The lowest BCUT2D eigenvalue weighted by atomic mass is 9.33. The van der Waals surface area contributed by atoms with E-state index in [0.29, 0.717) is 0 Å². The van der Waals surface area contributed by atoms with Gasteiger partial charge < -0.3 is 9.47 Å². The van der Waals surface area contributed by atoms with Crippen molar-refractivity contribution in [3.63, 3.8) is 0 Å². The van der Waals surface area contributed by atoms with Gasteiger partial charge in [0, 0.05) is 38.8 Å². The van der Waals surface area contributed by atoms with Gasteiger partial charge >= 0.3 is 0 Å². The van der Waals surface area contributed by atoms with Gasteiger partial charge in [0.15, 0.2) is 0 Å². The predicted molar refractivity (Wildman–Crippen MR) is 237 cm³/mol. The van der Waals surface area contributed by atoms with Gasteiger partial charge in [0.2, 0.25) is 0 Å². The van der Waals surface area contributed by atoms with Gasteiger partial charge in [-0.2, -0.15) is 0 Å². The molecule has 2 nitrogen and oxygen atoms in total. The Labute approximate surface area is 328 Å². The second-order valence-corrected chi connectivity index (χ2v) is 20.1. The minimum atomic E-state index is -0.438. The van der Waals surface area contributed by atoms with Crippen LogP contribution in [-0.4, -0.2) is 11.3 Å². The van der Waals surface area contributed by atoms with E-state index < -0.39 is 5.54 Å². The predicted octanol–water partition coefficient (Wildman–Crippen LogP) is 11.2. The minimum absolute atomic E-state index is 0.0196.